The number of rotatable bonds is 3. The van der Waals surface area contributed by atoms with E-state index in [0.717, 1.165) is 10.0 Å². The van der Waals surface area contributed by atoms with Crippen molar-refractivity contribution in [2.45, 2.75) is 19.9 Å². The third-order valence-electron chi connectivity index (χ3n) is 2.78. The Hall–Kier alpha value is -0.840. The van der Waals surface area contributed by atoms with Crippen molar-refractivity contribution in [3.8, 4) is 11.3 Å². The predicted molar refractivity (Wildman–Crippen MR) is 76.4 cm³/mol. The van der Waals surface area contributed by atoms with Gasteiger partial charge < -0.3 is 10.3 Å². The van der Waals surface area contributed by atoms with Crippen molar-refractivity contribution in [1.82, 2.24) is 5.16 Å². The van der Waals surface area contributed by atoms with E-state index < -0.39 is 0 Å². The van der Waals surface area contributed by atoms with Crippen molar-refractivity contribution in [3.05, 3.63) is 39.5 Å². The van der Waals surface area contributed by atoms with Crippen LogP contribution in [0, 0.1) is 5.92 Å². The number of aromatic nitrogens is 1. The molecule has 2 N–H and O–H groups in total. The summed E-state index contributed by atoms with van der Waals surface area (Å²) in [5.41, 5.74) is 7.56. The van der Waals surface area contributed by atoms with Gasteiger partial charge in [0.1, 0.15) is 5.69 Å². The maximum absolute atomic E-state index is 6.17. The van der Waals surface area contributed by atoms with Gasteiger partial charge in [0.05, 0.1) is 11.1 Å². The molecule has 0 aliphatic rings. The van der Waals surface area contributed by atoms with Crippen LogP contribution in [0.15, 0.2) is 33.3 Å². The molecule has 0 saturated carbocycles. The van der Waals surface area contributed by atoms with Crippen LogP contribution in [0.2, 0.25) is 5.02 Å². The summed E-state index contributed by atoms with van der Waals surface area (Å²) in [5.74, 6) is 0.977. The van der Waals surface area contributed by atoms with Crippen molar-refractivity contribution in [3.63, 3.8) is 0 Å². The maximum Gasteiger partial charge on any atom is 0.154 e. The van der Waals surface area contributed by atoms with Crippen molar-refractivity contribution in [1.29, 1.82) is 0 Å². The van der Waals surface area contributed by atoms with Crippen LogP contribution in [0.4, 0.5) is 0 Å². The molecule has 2 rings (SSSR count). The van der Waals surface area contributed by atoms with Crippen LogP contribution in [0.25, 0.3) is 11.3 Å². The SMILES string of the molecule is CC(C)C(N)c1cc(-c2ccc(Br)cc2Cl)no1. The molecule has 1 aromatic carbocycles. The summed E-state index contributed by atoms with van der Waals surface area (Å²) in [6.45, 7) is 4.08. The van der Waals surface area contributed by atoms with Crippen molar-refractivity contribution < 1.29 is 4.52 Å². The van der Waals surface area contributed by atoms with Crippen LogP contribution in [-0.4, -0.2) is 5.16 Å². The van der Waals surface area contributed by atoms with Gasteiger partial charge in [0.15, 0.2) is 5.76 Å². The van der Waals surface area contributed by atoms with Gasteiger partial charge in [-0.2, -0.15) is 0 Å². The molecule has 0 amide bonds. The first-order valence-electron chi connectivity index (χ1n) is 5.66. The molecule has 1 unspecified atom stereocenters. The first-order valence-corrected chi connectivity index (χ1v) is 6.83. The fraction of sp³-hybridized carbons (Fsp3) is 0.308. The first kappa shape index (κ1) is 13.6. The van der Waals surface area contributed by atoms with E-state index in [9.17, 15) is 0 Å². The van der Waals surface area contributed by atoms with Crippen LogP contribution in [0.3, 0.4) is 0 Å². The van der Waals surface area contributed by atoms with Gasteiger partial charge in [0, 0.05) is 16.1 Å². The lowest BCUT2D eigenvalue weighted by Crippen LogP contribution is -2.15. The van der Waals surface area contributed by atoms with E-state index in [1.165, 1.54) is 0 Å². The minimum atomic E-state index is -0.152. The van der Waals surface area contributed by atoms with Gasteiger partial charge in [-0.1, -0.05) is 52.6 Å². The maximum atomic E-state index is 6.17. The molecule has 0 spiro atoms. The summed E-state index contributed by atoms with van der Waals surface area (Å²) in [7, 11) is 0. The molecule has 96 valence electrons. The highest BCUT2D eigenvalue weighted by atomic mass is 79.9. The lowest BCUT2D eigenvalue weighted by Gasteiger charge is -2.10. The van der Waals surface area contributed by atoms with E-state index in [4.69, 9.17) is 21.9 Å². The van der Waals surface area contributed by atoms with Crippen molar-refractivity contribution in [2.75, 3.05) is 0 Å². The number of hydrogen-bond acceptors (Lipinski definition) is 3. The lowest BCUT2D eigenvalue weighted by molar-refractivity contribution is 0.333. The largest absolute Gasteiger partial charge is 0.359 e. The van der Waals surface area contributed by atoms with E-state index in [1.54, 1.807) is 0 Å². The minimum Gasteiger partial charge on any atom is -0.359 e. The quantitative estimate of drug-likeness (QED) is 0.907. The number of nitrogens with two attached hydrogens (primary N) is 1. The third-order valence-corrected chi connectivity index (χ3v) is 3.59. The fourth-order valence-electron chi connectivity index (χ4n) is 1.60. The standard InChI is InChI=1S/C13H14BrClN2O/c1-7(2)13(16)12-6-11(17-18-12)9-4-3-8(14)5-10(9)15/h3-7,13H,16H2,1-2H3. The van der Waals surface area contributed by atoms with Crippen LogP contribution >= 0.6 is 27.5 Å². The molecule has 2 aromatic rings. The smallest absolute Gasteiger partial charge is 0.154 e. The van der Waals surface area contributed by atoms with E-state index in [1.807, 2.05) is 38.1 Å². The monoisotopic (exact) mass is 328 g/mol. The van der Waals surface area contributed by atoms with Gasteiger partial charge in [-0.3, -0.25) is 0 Å². The number of nitrogens with zero attached hydrogens (tertiary/aromatic N) is 1. The first-order chi connectivity index (χ1) is 8.49. The summed E-state index contributed by atoms with van der Waals surface area (Å²) in [4.78, 5) is 0. The fourth-order valence-corrected chi connectivity index (χ4v) is 2.37. The summed E-state index contributed by atoms with van der Waals surface area (Å²) in [6, 6.07) is 7.33. The van der Waals surface area contributed by atoms with E-state index >= 15 is 0 Å². The molecule has 0 saturated heterocycles. The van der Waals surface area contributed by atoms with Crippen molar-refractivity contribution in [2.24, 2.45) is 11.7 Å². The van der Waals surface area contributed by atoms with E-state index in [-0.39, 0.29) is 6.04 Å². The van der Waals surface area contributed by atoms with Gasteiger partial charge in [0.2, 0.25) is 0 Å². The second kappa shape index (κ2) is 5.43. The van der Waals surface area contributed by atoms with Gasteiger partial charge >= 0.3 is 0 Å². The zero-order valence-corrected chi connectivity index (χ0v) is 12.5. The highest BCUT2D eigenvalue weighted by molar-refractivity contribution is 9.10. The Morgan fingerprint density at radius 1 is 1.33 bits per heavy atom. The summed E-state index contributed by atoms with van der Waals surface area (Å²) >= 11 is 9.54. The molecule has 1 atom stereocenters. The second-order valence-electron chi connectivity index (χ2n) is 4.51. The normalized spacial score (nSPS) is 13.0. The molecule has 0 radical (unpaired) electrons. The average molecular weight is 330 g/mol. The Labute approximate surface area is 119 Å². The summed E-state index contributed by atoms with van der Waals surface area (Å²) in [6.07, 6.45) is 0. The molecule has 0 bridgehead atoms. The average Bonchev–Trinajstić information content (AvgIpc) is 2.77. The third kappa shape index (κ3) is 2.76. The second-order valence-corrected chi connectivity index (χ2v) is 5.83. The Morgan fingerprint density at radius 3 is 2.67 bits per heavy atom. The Kier molecular flexibility index (Phi) is 4.10. The molecule has 0 fully saturated rings. The number of benzene rings is 1. The van der Waals surface area contributed by atoms with Gasteiger partial charge in [0.25, 0.3) is 0 Å². The highest BCUT2D eigenvalue weighted by Crippen LogP contribution is 2.31. The Morgan fingerprint density at radius 2 is 2.06 bits per heavy atom. The van der Waals surface area contributed by atoms with Gasteiger partial charge in [-0.25, -0.2) is 0 Å². The van der Waals surface area contributed by atoms with Crippen LogP contribution in [0.1, 0.15) is 25.6 Å². The molecule has 18 heavy (non-hydrogen) atoms. The molecule has 0 aliphatic heterocycles. The molecule has 3 nitrogen and oxygen atoms in total. The molecule has 1 aromatic heterocycles. The molecular formula is C13H14BrClN2O. The zero-order valence-electron chi connectivity index (χ0n) is 10.2. The number of halogens is 2. The molecule has 0 aliphatic carbocycles. The minimum absolute atomic E-state index is 0.152. The summed E-state index contributed by atoms with van der Waals surface area (Å²) < 4.78 is 6.21. The van der Waals surface area contributed by atoms with Gasteiger partial charge in [-0.05, 0) is 18.1 Å². The molecular weight excluding hydrogens is 316 g/mol. The lowest BCUT2D eigenvalue weighted by atomic mass is 10.0. The van der Waals surface area contributed by atoms with Crippen molar-refractivity contribution >= 4 is 27.5 Å². The van der Waals surface area contributed by atoms with Gasteiger partial charge in [-0.15, -0.1) is 0 Å². The topological polar surface area (TPSA) is 52.0 Å². The number of hydrogen-bond donors (Lipinski definition) is 1. The molecule has 5 heteroatoms. The highest BCUT2D eigenvalue weighted by Gasteiger charge is 2.17. The zero-order chi connectivity index (χ0) is 13.3. The van der Waals surface area contributed by atoms with Crippen LogP contribution < -0.4 is 5.73 Å². The predicted octanol–water partition coefficient (Wildman–Crippen LogP) is 4.41. The van der Waals surface area contributed by atoms with Crippen LogP contribution in [-0.2, 0) is 0 Å². The summed E-state index contributed by atoms with van der Waals surface area (Å²) in [5, 5.41) is 4.65. The Balaban J connectivity index is 2.35. The molecule has 1 heterocycles. The van der Waals surface area contributed by atoms with E-state index in [2.05, 4.69) is 21.1 Å². The Bertz CT molecular complexity index is 554. The van der Waals surface area contributed by atoms with E-state index in [0.29, 0.717) is 22.4 Å². The van der Waals surface area contributed by atoms with Crippen LogP contribution in [0.5, 0.6) is 0 Å².